The molecule has 9 heteroatoms. The number of para-hydroxylation sites is 1. The van der Waals surface area contributed by atoms with Crippen LogP contribution in [0.1, 0.15) is 42.1 Å². The number of nitrogens with one attached hydrogen (secondary N) is 1. The highest BCUT2D eigenvalue weighted by Gasteiger charge is 2.23. The van der Waals surface area contributed by atoms with E-state index in [1.165, 1.54) is 6.26 Å². The number of hydrogen-bond acceptors (Lipinski definition) is 6. The molecule has 1 unspecified atom stereocenters. The van der Waals surface area contributed by atoms with E-state index in [1.807, 2.05) is 72.8 Å². The number of hydrogen-bond donors (Lipinski definition) is 2. The van der Waals surface area contributed by atoms with Crippen molar-refractivity contribution in [1.29, 1.82) is 0 Å². The van der Waals surface area contributed by atoms with Crippen LogP contribution < -0.4 is 10.1 Å². The minimum atomic E-state index is -3.45. The van der Waals surface area contributed by atoms with Crippen molar-refractivity contribution in [2.75, 3.05) is 11.6 Å². The lowest BCUT2D eigenvalue weighted by atomic mass is 10.0. The van der Waals surface area contributed by atoms with Gasteiger partial charge in [-0.2, -0.15) is 0 Å². The van der Waals surface area contributed by atoms with Crippen LogP contribution in [-0.2, 0) is 22.8 Å². The van der Waals surface area contributed by atoms with E-state index < -0.39 is 21.4 Å². The van der Waals surface area contributed by atoms with E-state index in [1.54, 1.807) is 24.3 Å². The molecular formula is C33H33N3O5S. The number of carbonyl (C=O) groups is 1. The number of imidazole rings is 1. The van der Waals surface area contributed by atoms with Gasteiger partial charge in [0, 0.05) is 30.5 Å². The van der Waals surface area contributed by atoms with Crippen molar-refractivity contribution in [1.82, 2.24) is 9.55 Å². The summed E-state index contributed by atoms with van der Waals surface area (Å²) in [4.78, 5) is 16.1. The highest BCUT2D eigenvalue weighted by molar-refractivity contribution is 7.91. The minimum Gasteiger partial charge on any atom is -0.449 e. The van der Waals surface area contributed by atoms with Crippen LogP contribution in [0.3, 0.4) is 0 Å². The lowest BCUT2D eigenvalue weighted by Gasteiger charge is -2.19. The zero-order valence-electron chi connectivity index (χ0n) is 23.5. The van der Waals surface area contributed by atoms with Gasteiger partial charge in [-0.25, -0.2) is 18.2 Å². The van der Waals surface area contributed by atoms with Crippen LogP contribution in [0.4, 0.5) is 10.5 Å². The maximum atomic E-state index is 12.7. The van der Waals surface area contributed by atoms with Gasteiger partial charge in [-0.15, -0.1) is 0 Å². The fourth-order valence-corrected chi connectivity index (χ4v) is 6.04. The van der Waals surface area contributed by atoms with Gasteiger partial charge in [-0.3, -0.25) is 0 Å². The average Bonchev–Trinajstić information content (AvgIpc) is 3.31. The van der Waals surface area contributed by atoms with Gasteiger partial charge in [0.15, 0.2) is 15.2 Å². The van der Waals surface area contributed by atoms with E-state index >= 15 is 0 Å². The molecule has 5 aromatic rings. The normalized spacial score (nSPS) is 12.2. The Labute approximate surface area is 245 Å². The molecule has 0 fully saturated rings. The fourth-order valence-electron chi connectivity index (χ4n) is 5.04. The molecule has 42 heavy (non-hydrogen) atoms. The molecule has 1 heterocycles. The number of anilines is 1. The zero-order chi connectivity index (χ0) is 29.7. The first kappa shape index (κ1) is 28.9. The number of sulfone groups is 1. The van der Waals surface area contributed by atoms with Crippen molar-refractivity contribution in [2.45, 2.75) is 38.1 Å². The number of ether oxygens (including phenoxy) is 1. The summed E-state index contributed by atoms with van der Waals surface area (Å²) in [5.74, 6) is 1.25. The number of rotatable bonds is 11. The lowest BCUT2D eigenvalue weighted by molar-refractivity contribution is 0.144. The van der Waals surface area contributed by atoms with E-state index in [9.17, 15) is 13.2 Å². The van der Waals surface area contributed by atoms with Crippen molar-refractivity contribution in [2.24, 2.45) is 0 Å². The summed E-state index contributed by atoms with van der Waals surface area (Å²) < 4.78 is 32.6. The van der Waals surface area contributed by atoms with Gasteiger partial charge in [0.2, 0.25) is 0 Å². The smallest absolute Gasteiger partial charge is 0.449 e. The zero-order valence-corrected chi connectivity index (χ0v) is 24.3. The molecule has 0 radical (unpaired) electrons. The maximum Gasteiger partial charge on any atom is 0.511 e. The van der Waals surface area contributed by atoms with Crippen LogP contribution >= 0.6 is 0 Å². The molecule has 0 aliphatic carbocycles. The predicted octanol–water partition coefficient (Wildman–Crippen LogP) is 7.31. The Morgan fingerprint density at radius 1 is 0.976 bits per heavy atom. The van der Waals surface area contributed by atoms with Crippen molar-refractivity contribution in [3.05, 3.63) is 114 Å². The van der Waals surface area contributed by atoms with Crippen LogP contribution in [0, 0.1) is 0 Å². The maximum absolute atomic E-state index is 12.7. The number of aromatic nitrogens is 2. The number of unbranched alkanes of at least 4 members (excludes halogenated alkanes) is 1. The first-order chi connectivity index (χ1) is 20.2. The summed E-state index contributed by atoms with van der Waals surface area (Å²) in [5, 5.41) is 11.5. The van der Waals surface area contributed by atoms with Crippen LogP contribution in [0.5, 0.6) is 5.75 Å². The van der Waals surface area contributed by atoms with Gasteiger partial charge in [-0.1, -0.05) is 86.1 Å². The van der Waals surface area contributed by atoms with Gasteiger partial charge in [0.25, 0.3) is 0 Å². The fraction of sp³-hybridized carbons (Fsp3) is 0.212. The van der Waals surface area contributed by atoms with Crippen molar-refractivity contribution < 1.29 is 23.1 Å². The lowest BCUT2D eigenvalue weighted by Crippen LogP contribution is -2.20. The van der Waals surface area contributed by atoms with E-state index in [-0.39, 0.29) is 5.75 Å². The van der Waals surface area contributed by atoms with Gasteiger partial charge in [0.05, 0.1) is 11.0 Å². The third kappa shape index (κ3) is 6.63. The number of fused-ring (bicyclic) bond motifs is 1. The summed E-state index contributed by atoms with van der Waals surface area (Å²) >= 11 is 0. The molecule has 0 aliphatic rings. The second kappa shape index (κ2) is 12.5. The van der Waals surface area contributed by atoms with Crippen LogP contribution in [0.15, 0.2) is 97.1 Å². The van der Waals surface area contributed by atoms with E-state index in [2.05, 4.69) is 16.8 Å². The van der Waals surface area contributed by atoms with Gasteiger partial charge < -0.3 is 19.7 Å². The van der Waals surface area contributed by atoms with E-state index in [4.69, 9.17) is 14.8 Å². The SMILES string of the molecule is CCCCc1nc2ccc(NC(c3ccccc3)S(C)(=O)=O)cc2n1Cc1ccc(-c2ccccc2OC(=O)O)cc1. The second-order valence-electron chi connectivity index (χ2n) is 10.2. The third-order valence-corrected chi connectivity index (χ3v) is 8.35. The highest BCUT2D eigenvalue weighted by Crippen LogP contribution is 2.31. The molecule has 2 N–H and O–H groups in total. The molecule has 0 aliphatic heterocycles. The van der Waals surface area contributed by atoms with Crippen LogP contribution in [0.25, 0.3) is 22.2 Å². The van der Waals surface area contributed by atoms with Crippen molar-refractivity contribution in [3.8, 4) is 16.9 Å². The average molecular weight is 584 g/mol. The molecular weight excluding hydrogens is 550 g/mol. The molecule has 1 atom stereocenters. The number of carboxylic acid groups (broad SMARTS) is 1. The summed E-state index contributed by atoms with van der Waals surface area (Å²) in [6.07, 6.45) is 2.74. The monoisotopic (exact) mass is 583 g/mol. The van der Waals surface area contributed by atoms with Gasteiger partial charge in [-0.05, 0) is 47.4 Å². The Kier molecular flexibility index (Phi) is 8.59. The molecule has 0 saturated heterocycles. The van der Waals surface area contributed by atoms with Crippen molar-refractivity contribution in [3.63, 3.8) is 0 Å². The third-order valence-electron chi connectivity index (χ3n) is 7.10. The summed E-state index contributed by atoms with van der Waals surface area (Å²) in [7, 11) is -3.45. The van der Waals surface area contributed by atoms with E-state index in [0.29, 0.717) is 23.4 Å². The molecule has 1 aromatic heterocycles. The Morgan fingerprint density at radius 3 is 2.38 bits per heavy atom. The largest absolute Gasteiger partial charge is 0.511 e. The highest BCUT2D eigenvalue weighted by atomic mass is 32.2. The predicted molar refractivity (Wildman–Crippen MR) is 166 cm³/mol. The summed E-state index contributed by atoms with van der Waals surface area (Å²) in [5.41, 5.74) is 5.70. The molecule has 5 rings (SSSR count). The topological polar surface area (TPSA) is 111 Å². The molecule has 8 nitrogen and oxygen atoms in total. The minimum absolute atomic E-state index is 0.281. The standard InChI is InChI=1S/C33H33N3O5S/c1-3-4-14-31-35-28-20-19-26(34-32(42(2,39)40)25-10-6-5-7-11-25)21-29(28)36(31)22-23-15-17-24(18-16-23)27-12-8-9-13-30(27)41-33(37)38/h5-13,15-21,32,34H,3-4,14,22H2,1-2H3,(H,37,38). The molecule has 0 amide bonds. The van der Waals surface area contributed by atoms with Crippen molar-refractivity contribution >= 4 is 32.7 Å². The second-order valence-corrected chi connectivity index (χ2v) is 12.4. The molecule has 0 spiro atoms. The molecule has 216 valence electrons. The van der Waals surface area contributed by atoms with Crippen LogP contribution in [-0.4, -0.2) is 35.5 Å². The summed E-state index contributed by atoms with van der Waals surface area (Å²) in [6, 6.07) is 29.9. The quantitative estimate of drug-likeness (QED) is 0.124. The van der Waals surface area contributed by atoms with Gasteiger partial charge in [0.1, 0.15) is 11.6 Å². The molecule has 0 saturated carbocycles. The first-order valence-corrected chi connectivity index (χ1v) is 15.8. The van der Waals surface area contributed by atoms with E-state index in [0.717, 1.165) is 47.2 Å². The summed E-state index contributed by atoms with van der Waals surface area (Å²) in [6.45, 7) is 2.72. The molecule has 0 bridgehead atoms. The Morgan fingerprint density at radius 2 is 1.69 bits per heavy atom. The van der Waals surface area contributed by atoms with Gasteiger partial charge >= 0.3 is 6.16 Å². The Bertz CT molecular complexity index is 1800. The van der Waals surface area contributed by atoms with Crippen LogP contribution in [0.2, 0.25) is 0 Å². The first-order valence-electron chi connectivity index (χ1n) is 13.8. The Hall–Kier alpha value is -4.63. The molecule has 4 aromatic carbocycles. The number of nitrogens with zero attached hydrogens (tertiary/aromatic N) is 2. The Balaban J connectivity index is 1.48. The number of aryl methyl sites for hydroxylation is 1. The number of benzene rings is 4.